The number of nitrogens with zero attached hydrogens (tertiary/aromatic N) is 3. The zero-order valence-electron chi connectivity index (χ0n) is 9.25. The van der Waals surface area contributed by atoms with Crippen molar-refractivity contribution in [3.05, 3.63) is 34.4 Å². The van der Waals surface area contributed by atoms with E-state index in [4.69, 9.17) is 11.6 Å². The normalized spacial score (nSPS) is 12.4. The van der Waals surface area contributed by atoms with Gasteiger partial charge in [0.25, 0.3) is 0 Å². The second-order valence-corrected chi connectivity index (χ2v) is 5.07. The van der Waals surface area contributed by atoms with Crippen LogP contribution in [0.2, 0.25) is 4.34 Å². The summed E-state index contributed by atoms with van der Waals surface area (Å²) in [6.07, 6.45) is 3.15. The minimum atomic E-state index is -0.100. The number of aliphatic hydroxyl groups excluding tert-OH is 1. The number of anilines is 2. The number of aliphatic hydroxyl groups is 1. The predicted octanol–water partition coefficient (Wildman–Crippen LogP) is 2.71. The Kier molecular flexibility index (Phi) is 3.93. The van der Waals surface area contributed by atoms with Crippen molar-refractivity contribution in [3.8, 4) is 0 Å². The van der Waals surface area contributed by atoms with Gasteiger partial charge < -0.3 is 10.0 Å². The lowest BCUT2D eigenvalue weighted by Crippen LogP contribution is -2.31. The van der Waals surface area contributed by atoms with Gasteiger partial charge in [-0.3, -0.25) is 0 Å². The molecule has 0 aromatic carbocycles. The number of hydrogen-bond donors (Lipinski definition) is 1. The number of thiophene rings is 1. The summed E-state index contributed by atoms with van der Waals surface area (Å²) in [6, 6.07) is 3.61. The third-order valence-electron chi connectivity index (χ3n) is 2.38. The molecule has 6 heteroatoms. The summed E-state index contributed by atoms with van der Waals surface area (Å²) < 4.78 is 0.684. The van der Waals surface area contributed by atoms with Gasteiger partial charge in [0.1, 0.15) is 16.5 Å². The number of aromatic nitrogens is 2. The largest absolute Gasteiger partial charge is 0.394 e. The maximum Gasteiger partial charge on any atom is 0.136 e. The molecule has 1 atom stereocenters. The van der Waals surface area contributed by atoms with Crippen LogP contribution in [0.15, 0.2) is 30.0 Å². The van der Waals surface area contributed by atoms with Gasteiger partial charge in [-0.1, -0.05) is 11.6 Å². The van der Waals surface area contributed by atoms with E-state index >= 15 is 0 Å². The molecule has 0 aliphatic heterocycles. The first-order chi connectivity index (χ1) is 8.24. The molecule has 0 bridgehead atoms. The highest BCUT2D eigenvalue weighted by Gasteiger charge is 2.20. The van der Waals surface area contributed by atoms with Gasteiger partial charge in [-0.05, 0) is 24.4 Å². The third kappa shape index (κ3) is 2.57. The molecule has 0 spiro atoms. The van der Waals surface area contributed by atoms with E-state index in [1.165, 1.54) is 17.7 Å². The van der Waals surface area contributed by atoms with Crippen molar-refractivity contribution in [1.29, 1.82) is 0 Å². The minimum absolute atomic E-state index is 0.0240. The third-order valence-corrected chi connectivity index (χ3v) is 3.53. The molecule has 2 aromatic rings. The summed E-state index contributed by atoms with van der Waals surface area (Å²) in [5.41, 5.74) is 0.858. The standard InChI is InChI=1S/C11H12ClN3OS/c1-8(6-16)15(9-3-5-17-11(9)12)10-2-4-13-7-14-10/h2-5,7-8,16H,6H2,1H3. The van der Waals surface area contributed by atoms with Gasteiger partial charge in [0.15, 0.2) is 0 Å². The zero-order valence-corrected chi connectivity index (χ0v) is 10.8. The van der Waals surface area contributed by atoms with Crippen LogP contribution < -0.4 is 4.90 Å². The van der Waals surface area contributed by atoms with Crippen molar-refractivity contribution in [2.24, 2.45) is 0 Å². The Bertz CT molecular complexity index is 477. The molecule has 2 aromatic heterocycles. The summed E-state index contributed by atoms with van der Waals surface area (Å²) in [4.78, 5) is 9.98. The lowest BCUT2D eigenvalue weighted by atomic mass is 10.2. The van der Waals surface area contributed by atoms with Crippen LogP contribution in [0.1, 0.15) is 6.92 Å². The molecule has 0 fully saturated rings. The summed E-state index contributed by atoms with van der Waals surface area (Å²) in [5, 5.41) is 11.2. The van der Waals surface area contributed by atoms with Crippen molar-refractivity contribution in [2.75, 3.05) is 11.5 Å². The Morgan fingerprint density at radius 1 is 1.53 bits per heavy atom. The van der Waals surface area contributed by atoms with E-state index in [9.17, 15) is 5.11 Å². The molecular formula is C11H12ClN3OS. The van der Waals surface area contributed by atoms with Crippen molar-refractivity contribution in [3.63, 3.8) is 0 Å². The predicted molar refractivity (Wildman–Crippen MR) is 70.0 cm³/mol. The molecule has 4 nitrogen and oxygen atoms in total. The smallest absolute Gasteiger partial charge is 0.136 e. The van der Waals surface area contributed by atoms with E-state index in [1.807, 2.05) is 23.3 Å². The highest BCUT2D eigenvalue weighted by molar-refractivity contribution is 7.15. The van der Waals surface area contributed by atoms with Crippen LogP contribution in [0.4, 0.5) is 11.5 Å². The van der Waals surface area contributed by atoms with Crippen LogP contribution in [-0.4, -0.2) is 27.7 Å². The van der Waals surface area contributed by atoms with Crippen molar-refractivity contribution in [1.82, 2.24) is 9.97 Å². The molecule has 0 amide bonds. The van der Waals surface area contributed by atoms with Crippen molar-refractivity contribution >= 4 is 34.4 Å². The maximum atomic E-state index is 9.33. The summed E-state index contributed by atoms with van der Waals surface area (Å²) in [7, 11) is 0. The van der Waals surface area contributed by atoms with Gasteiger partial charge in [-0.2, -0.15) is 0 Å². The van der Waals surface area contributed by atoms with E-state index in [1.54, 1.807) is 12.3 Å². The molecule has 0 radical (unpaired) electrons. The topological polar surface area (TPSA) is 49.2 Å². The Morgan fingerprint density at radius 3 is 2.88 bits per heavy atom. The van der Waals surface area contributed by atoms with Gasteiger partial charge in [0.05, 0.1) is 18.3 Å². The molecule has 0 saturated carbocycles. The molecule has 1 N–H and O–H groups in total. The lowest BCUT2D eigenvalue weighted by molar-refractivity contribution is 0.272. The average molecular weight is 270 g/mol. The number of hydrogen-bond acceptors (Lipinski definition) is 5. The molecule has 2 rings (SSSR count). The van der Waals surface area contributed by atoms with Crippen LogP contribution in [0.3, 0.4) is 0 Å². The van der Waals surface area contributed by atoms with Crippen LogP contribution in [-0.2, 0) is 0 Å². The van der Waals surface area contributed by atoms with Crippen molar-refractivity contribution in [2.45, 2.75) is 13.0 Å². The van der Waals surface area contributed by atoms with E-state index in [2.05, 4.69) is 9.97 Å². The lowest BCUT2D eigenvalue weighted by Gasteiger charge is -2.28. The Balaban J connectivity index is 2.43. The van der Waals surface area contributed by atoms with Gasteiger partial charge in [-0.25, -0.2) is 9.97 Å². The van der Waals surface area contributed by atoms with Gasteiger partial charge in [0.2, 0.25) is 0 Å². The molecule has 2 heterocycles. The molecule has 90 valence electrons. The Hall–Kier alpha value is -1.17. The van der Waals surface area contributed by atoms with Gasteiger partial charge in [0, 0.05) is 6.20 Å². The van der Waals surface area contributed by atoms with Crippen molar-refractivity contribution < 1.29 is 5.11 Å². The SMILES string of the molecule is CC(CO)N(c1ccncn1)c1ccsc1Cl. The average Bonchev–Trinajstić information content (AvgIpc) is 2.77. The van der Waals surface area contributed by atoms with E-state index < -0.39 is 0 Å². The second kappa shape index (κ2) is 5.44. The number of halogens is 1. The van der Waals surface area contributed by atoms with E-state index in [-0.39, 0.29) is 12.6 Å². The molecular weight excluding hydrogens is 258 g/mol. The molecule has 0 saturated heterocycles. The maximum absolute atomic E-state index is 9.33. The fraction of sp³-hybridized carbons (Fsp3) is 0.273. The highest BCUT2D eigenvalue weighted by Crippen LogP contribution is 2.36. The molecule has 1 unspecified atom stereocenters. The van der Waals surface area contributed by atoms with Gasteiger partial charge >= 0.3 is 0 Å². The quantitative estimate of drug-likeness (QED) is 0.927. The first kappa shape index (κ1) is 12.3. The fourth-order valence-electron chi connectivity index (χ4n) is 1.55. The van der Waals surface area contributed by atoms with Crippen LogP contribution in [0, 0.1) is 0 Å². The monoisotopic (exact) mass is 269 g/mol. The van der Waals surface area contributed by atoms with E-state index in [0.29, 0.717) is 4.34 Å². The first-order valence-electron chi connectivity index (χ1n) is 5.13. The minimum Gasteiger partial charge on any atom is -0.394 e. The Morgan fingerprint density at radius 2 is 2.35 bits per heavy atom. The fourth-order valence-corrected chi connectivity index (χ4v) is 2.47. The van der Waals surface area contributed by atoms with Crippen LogP contribution >= 0.6 is 22.9 Å². The zero-order chi connectivity index (χ0) is 12.3. The highest BCUT2D eigenvalue weighted by atomic mass is 35.5. The first-order valence-corrected chi connectivity index (χ1v) is 6.39. The second-order valence-electron chi connectivity index (χ2n) is 3.55. The molecule has 17 heavy (non-hydrogen) atoms. The summed E-state index contributed by atoms with van der Waals surface area (Å²) >= 11 is 7.59. The van der Waals surface area contributed by atoms with Gasteiger partial charge in [-0.15, -0.1) is 11.3 Å². The van der Waals surface area contributed by atoms with E-state index in [0.717, 1.165) is 11.5 Å². The Labute approximate surface area is 109 Å². The van der Waals surface area contributed by atoms with Crippen LogP contribution in [0.25, 0.3) is 0 Å². The summed E-state index contributed by atoms with van der Waals surface area (Å²) in [6.45, 7) is 1.94. The number of rotatable bonds is 4. The molecule has 0 aliphatic rings. The summed E-state index contributed by atoms with van der Waals surface area (Å²) in [5.74, 6) is 0.724. The molecule has 0 aliphatic carbocycles. The van der Waals surface area contributed by atoms with Crippen LogP contribution in [0.5, 0.6) is 0 Å².